The maximum Gasteiger partial charge on any atom is 0.168 e. The molecule has 0 bridgehead atoms. The number of rotatable bonds is 6. The molecule has 1 aliphatic carbocycles. The van der Waals surface area contributed by atoms with Gasteiger partial charge in [-0.05, 0) is 31.1 Å². The standard InChI is InChI=1S/C15H29NO3/c1-14(2,6-3-9-17)12-16-13-4-7-15(8-5-13)18-10-11-19-15/h13,16-17H,3-12H2,1-2H3. The fourth-order valence-electron chi connectivity index (χ4n) is 3.11. The van der Waals surface area contributed by atoms with Gasteiger partial charge in [-0.1, -0.05) is 13.8 Å². The summed E-state index contributed by atoms with van der Waals surface area (Å²) in [6.07, 6.45) is 6.26. The molecule has 19 heavy (non-hydrogen) atoms. The van der Waals surface area contributed by atoms with Gasteiger partial charge in [0.15, 0.2) is 5.79 Å². The van der Waals surface area contributed by atoms with Crippen molar-refractivity contribution in [2.24, 2.45) is 5.41 Å². The summed E-state index contributed by atoms with van der Waals surface area (Å²) in [5, 5.41) is 12.6. The van der Waals surface area contributed by atoms with E-state index in [0.717, 1.165) is 58.3 Å². The van der Waals surface area contributed by atoms with Crippen LogP contribution in [0.15, 0.2) is 0 Å². The zero-order valence-corrected chi connectivity index (χ0v) is 12.4. The van der Waals surface area contributed by atoms with Crippen LogP contribution in [0.4, 0.5) is 0 Å². The fraction of sp³-hybridized carbons (Fsp3) is 1.00. The predicted molar refractivity (Wildman–Crippen MR) is 75.0 cm³/mol. The minimum Gasteiger partial charge on any atom is -0.396 e. The topological polar surface area (TPSA) is 50.7 Å². The van der Waals surface area contributed by atoms with Gasteiger partial charge >= 0.3 is 0 Å². The average molecular weight is 271 g/mol. The number of aliphatic hydroxyl groups is 1. The van der Waals surface area contributed by atoms with Crippen LogP contribution in [0.5, 0.6) is 0 Å². The third kappa shape index (κ3) is 4.42. The molecule has 1 spiro atoms. The normalized spacial score (nSPS) is 24.2. The molecule has 0 atom stereocenters. The minimum atomic E-state index is -0.245. The first-order chi connectivity index (χ1) is 9.05. The molecule has 1 aliphatic heterocycles. The van der Waals surface area contributed by atoms with Gasteiger partial charge in [0.05, 0.1) is 13.2 Å². The van der Waals surface area contributed by atoms with Crippen LogP contribution in [0.2, 0.25) is 0 Å². The summed E-state index contributed by atoms with van der Waals surface area (Å²) in [4.78, 5) is 0. The molecule has 4 nitrogen and oxygen atoms in total. The van der Waals surface area contributed by atoms with Gasteiger partial charge in [0.2, 0.25) is 0 Å². The number of hydrogen-bond acceptors (Lipinski definition) is 4. The molecule has 2 N–H and O–H groups in total. The van der Waals surface area contributed by atoms with Gasteiger partial charge in [-0.25, -0.2) is 0 Å². The Morgan fingerprint density at radius 2 is 1.84 bits per heavy atom. The summed E-state index contributed by atoms with van der Waals surface area (Å²) < 4.78 is 11.5. The Balaban J connectivity index is 1.68. The Bertz CT molecular complexity index is 265. The van der Waals surface area contributed by atoms with Crippen LogP contribution < -0.4 is 5.32 Å². The first kappa shape index (κ1) is 15.2. The van der Waals surface area contributed by atoms with Crippen molar-refractivity contribution in [2.45, 2.75) is 64.2 Å². The van der Waals surface area contributed by atoms with Crippen molar-refractivity contribution >= 4 is 0 Å². The summed E-state index contributed by atoms with van der Waals surface area (Å²) in [7, 11) is 0. The average Bonchev–Trinajstić information content (AvgIpc) is 2.85. The van der Waals surface area contributed by atoms with Crippen molar-refractivity contribution < 1.29 is 14.6 Å². The van der Waals surface area contributed by atoms with Crippen molar-refractivity contribution in [3.05, 3.63) is 0 Å². The van der Waals surface area contributed by atoms with Gasteiger partial charge in [-0.3, -0.25) is 0 Å². The molecule has 0 aromatic carbocycles. The highest BCUT2D eigenvalue weighted by molar-refractivity contribution is 4.86. The van der Waals surface area contributed by atoms with Gasteiger partial charge < -0.3 is 19.9 Å². The van der Waals surface area contributed by atoms with E-state index in [4.69, 9.17) is 14.6 Å². The molecule has 0 aromatic heterocycles. The number of nitrogens with one attached hydrogen (secondary N) is 1. The molecule has 0 amide bonds. The Morgan fingerprint density at radius 3 is 2.42 bits per heavy atom. The minimum absolute atomic E-state index is 0.245. The van der Waals surface area contributed by atoms with Crippen molar-refractivity contribution in [3.8, 4) is 0 Å². The number of aliphatic hydroxyl groups excluding tert-OH is 1. The van der Waals surface area contributed by atoms with Crippen LogP contribution in [0.3, 0.4) is 0 Å². The zero-order valence-electron chi connectivity index (χ0n) is 12.4. The van der Waals surface area contributed by atoms with Gasteiger partial charge in [0.1, 0.15) is 0 Å². The van der Waals surface area contributed by atoms with Crippen LogP contribution in [0.1, 0.15) is 52.4 Å². The highest BCUT2D eigenvalue weighted by Crippen LogP contribution is 2.36. The first-order valence-electron chi connectivity index (χ1n) is 7.67. The second-order valence-electron chi connectivity index (χ2n) is 6.75. The molecule has 0 aromatic rings. The maximum atomic E-state index is 8.92. The first-order valence-corrected chi connectivity index (χ1v) is 7.67. The highest BCUT2D eigenvalue weighted by atomic mass is 16.7. The summed E-state index contributed by atoms with van der Waals surface area (Å²) in [5.74, 6) is -0.245. The smallest absolute Gasteiger partial charge is 0.168 e. The van der Waals surface area contributed by atoms with E-state index in [0.29, 0.717) is 12.6 Å². The second kappa shape index (κ2) is 6.53. The molecule has 1 saturated carbocycles. The second-order valence-corrected chi connectivity index (χ2v) is 6.75. The molecule has 112 valence electrons. The monoisotopic (exact) mass is 271 g/mol. The highest BCUT2D eigenvalue weighted by Gasteiger charge is 2.40. The number of ether oxygens (including phenoxy) is 2. The van der Waals surface area contributed by atoms with Crippen LogP contribution in [-0.4, -0.2) is 43.3 Å². The quantitative estimate of drug-likeness (QED) is 0.776. The number of hydrogen-bond donors (Lipinski definition) is 2. The van der Waals surface area contributed by atoms with Gasteiger partial charge in [-0.15, -0.1) is 0 Å². The summed E-state index contributed by atoms with van der Waals surface area (Å²) in [5.41, 5.74) is 0.262. The maximum absolute atomic E-state index is 8.92. The van der Waals surface area contributed by atoms with Crippen molar-refractivity contribution in [1.82, 2.24) is 5.32 Å². The van der Waals surface area contributed by atoms with Crippen LogP contribution in [0.25, 0.3) is 0 Å². The largest absolute Gasteiger partial charge is 0.396 e. The van der Waals surface area contributed by atoms with Gasteiger partial charge in [0.25, 0.3) is 0 Å². The van der Waals surface area contributed by atoms with Crippen molar-refractivity contribution in [1.29, 1.82) is 0 Å². The molecule has 1 heterocycles. The lowest BCUT2D eigenvalue weighted by molar-refractivity contribution is -0.179. The Hall–Kier alpha value is -0.160. The molecule has 2 rings (SSSR count). The van der Waals surface area contributed by atoms with Gasteiger partial charge in [0, 0.05) is 32.0 Å². The van der Waals surface area contributed by atoms with E-state index in [1.807, 2.05) is 0 Å². The molecule has 2 aliphatic rings. The summed E-state index contributed by atoms with van der Waals surface area (Å²) in [6, 6.07) is 0.590. The third-order valence-corrected chi connectivity index (χ3v) is 4.44. The Labute approximate surface area is 116 Å². The zero-order chi connectivity index (χ0) is 13.8. The molecule has 0 radical (unpaired) electrons. The molecular weight excluding hydrogens is 242 g/mol. The molecule has 1 saturated heterocycles. The van der Waals surface area contributed by atoms with E-state index in [-0.39, 0.29) is 11.2 Å². The van der Waals surface area contributed by atoms with E-state index >= 15 is 0 Å². The SMILES string of the molecule is CC(C)(CCCO)CNC1CCC2(CC1)OCCO2. The van der Waals surface area contributed by atoms with Crippen LogP contribution in [0, 0.1) is 5.41 Å². The molecule has 2 fully saturated rings. The van der Waals surface area contributed by atoms with E-state index < -0.39 is 0 Å². The van der Waals surface area contributed by atoms with E-state index in [2.05, 4.69) is 19.2 Å². The van der Waals surface area contributed by atoms with E-state index in [9.17, 15) is 0 Å². The van der Waals surface area contributed by atoms with Crippen molar-refractivity contribution in [2.75, 3.05) is 26.4 Å². The molecular formula is C15H29NO3. The Morgan fingerprint density at radius 1 is 1.21 bits per heavy atom. The van der Waals surface area contributed by atoms with E-state index in [1.54, 1.807) is 0 Å². The summed E-state index contributed by atoms with van der Waals surface area (Å²) in [6.45, 7) is 7.36. The van der Waals surface area contributed by atoms with Crippen molar-refractivity contribution in [3.63, 3.8) is 0 Å². The fourth-order valence-corrected chi connectivity index (χ4v) is 3.11. The third-order valence-electron chi connectivity index (χ3n) is 4.44. The Kier molecular flexibility index (Phi) is 5.23. The molecule has 0 unspecified atom stereocenters. The van der Waals surface area contributed by atoms with E-state index in [1.165, 1.54) is 0 Å². The lowest BCUT2D eigenvalue weighted by Gasteiger charge is -2.37. The molecule has 4 heteroatoms. The van der Waals surface area contributed by atoms with Gasteiger partial charge in [-0.2, -0.15) is 0 Å². The lowest BCUT2D eigenvalue weighted by Crippen LogP contribution is -2.44. The van der Waals surface area contributed by atoms with Crippen LogP contribution >= 0.6 is 0 Å². The predicted octanol–water partition coefficient (Wildman–Crippen LogP) is 2.06. The van der Waals surface area contributed by atoms with Crippen LogP contribution in [-0.2, 0) is 9.47 Å². The lowest BCUT2D eigenvalue weighted by atomic mass is 9.85. The summed E-state index contributed by atoms with van der Waals surface area (Å²) >= 11 is 0.